The largest absolute Gasteiger partial charge is 0.397 e. The molecule has 1 heterocycles. The maximum atomic E-state index is 13.2. The van der Waals surface area contributed by atoms with Gasteiger partial charge in [0.15, 0.2) is 6.29 Å². The summed E-state index contributed by atoms with van der Waals surface area (Å²) >= 11 is 0. The molecule has 1 aliphatic rings. The molecule has 0 aromatic rings. The van der Waals surface area contributed by atoms with E-state index in [2.05, 4.69) is 47.7 Å². The molecule has 1 rings (SSSR count). The van der Waals surface area contributed by atoms with Gasteiger partial charge in [0, 0.05) is 6.42 Å². The van der Waals surface area contributed by atoms with Crippen molar-refractivity contribution in [1.29, 1.82) is 0 Å². The van der Waals surface area contributed by atoms with E-state index >= 15 is 0 Å². The first-order chi connectivity index (χ1) is 39.0. The zero-order valence-corrected chi connectivity index (χ0v) is 52.5. The van der Waals surface area contributed by atoms with E-state index in [1.165, 1.54) is 257 Å². The van der Waals surface area contributed by atoms with Crippen molar-refractivity contribution in [2.24, 2.45) is 0 Å². The molecule has 0 aromatic heterocycles. The van der Waals surface area contributed by atoms with Crippen molar-refractivity contribution in [2.75, 3.05) is 13.2 Å². The van der Waals surface area contributed by atoms with Gasteiger partial charge in [0.05, 0.1) is 25.4 Å². The van der Waals surface area contributed by atoms with Crippen molar-refractivity contribution in [1.82, 2.24) is 5.32 Å². The van der Waals surface area contributed by atoms with Gasteiger partial charge in [-0.25, -0.2) is 4.18 Å². The molecule has 80 heavy (non-hydrogen) atoms. The van der Waals surface area contributed by atoms with Gasteiger partial charge in [0.2, 0.25) is 5.91 Å². The van der Waals surface area contributed by atoms with Gasteiger partial charge in [0.1, 0.15) is 24.4 Å². The van der Waals surface area contributed by atoms with E-state index in [1.54, 1.807) is 6.08 Å². The lowest BCUT2D eigenvalue weighted by Crippen LogP contribution is -2.61. The zero-order chi connectivity index (χ0) is 58.3. The van der Waals surface area contributed by atoms with E-state index < -0.39 is 59.9 Å². The molecule has 13 heteroatoms. The van der Waals surface area contributed by atoms with Gasteiger partial charge in [-0.15, -0.1) is 0 Å². The van der Waals surface area contributed by atoms with Crippen LogP contribution < -0.4 is 5.32 Å². The van der Waals surface area contributed by atoms with Gasteiger partial charge < -0.3 is 35.2 Å². The number of rotatable bonds is 60. The molecule has 12 nitrogen and oxygen atoms in total. The summed E-state index contributed by atoms with van der Waals surface area (Å²) in [6.07, 6.45) is 64.9. The Balaban J connectivity index is 2.27. The lowest BCUT2D eigenvalue weighted by Gasteiger charge is -2.41. The fraction of sp³-hybridized carbons (Fsp3) is 0.896. The molecule has 7 unspecified atom stereocenters. The summed E-state index contributed by atoms with van der Waals surface area (Å²) in [6.45, 7) is 3.45. The van der Waals surface area contributed by atoms with Crippen molar-refractivity contribution >= 4 is 16.3 Å². The summed E-state index contributed by atoms with van der Waals surface area (Å²) in [5.74, 6) is -0.257. The molecular formula is C67H127NO11S. The monoisotopic (exact) mass is 1150 g/mol. The van der Waals surface area contributed by atoms with E-state index in [0.29, 0.717) is 6.42 Å². The number of carbonyl (C=O) groups is 1. The van der Waals surface area contributed by atoms with Crippen LogP contribution in [-0.2, 0) is 28.9 Å². The van der Waals surface area contributed by atoms with Crippen molar-refractivity contribution in [2.45, 2.75) is 371 Å². The van der Waals surface area contributed by atoms with Crippen LogP contribution in [0.5, 0.6) is 0 Å². The van der Waals surface area contributed by atoms with Crippen LogP contribution in [0, 0.1) is 0 Å². The van der Waals surface area contributed by atoms with Crippen molar-refractivity contribution < 1.29 is 51.8 Å². The van der Waals surface area contributed by atoms with Gasteiger partial charge in [-0.05, 0) is 51.4 Å². The van der Waals surface area contributed by atoms with Gasteiger partial charge >= 0.3 is 10.4 Å². The molecule has 7 atom stereocenters. The lowest BCUT2D eigenvalue weighted by atomic mass is 9.99. The first-order valence-electron chi connectivity index (χ1n) is 33.9. The number of aliphatic hydroxyl groups excluding tert-OH is 4. The van der Waals surface area contributed by atoms with E-state index in [9.17, 15) is 38.2 Å². The summed E-state index contributed by atoms with van der Waals surface area (Å²) in [5, 5.41) is 45.1. The molecule has 1 saturated heterocycles. The number of allylic oxidation sites excluding steroid dienone is 5. The molecule has 1 amide bonds. The second-order valence-electron chi connectivity index (χ2n) is 23.8. The third-order valence-electron chi connectivity index (χ3n) is 16.2. The average Bonchev–Trinajstić information content (AvgIpc) is 3.43. The zero-order valence-electron chi connectivity index (χ0n) is 51.7. The summed E-state index contributed by atoms with van der Waals surface area (Å²) in [4.78, 5) is 13.2. The number of aliphatic hydroxyl groups is 4. The van der Waals surface area contributed by atoms with Crippen LogP contribution in [-0.4, -0.2) is 95.4 Å². The van der Waals surface area contributed by atoms with Gasteiger partial charge in [-0.2, -0.15) is 8.42 Å². The molecular weight excluding hydrogens is 1030 g/mol. The van der Waals surface area contributed by atoms with E-state index in [-0.39, 0.29) is 18.9 Å². The van der Waals surface area contributed by atoms with Crippen LogP contribution in [0.2, 0.25) is 0 Å². The van der Waals surface area contributed by atoms with E-state index in [1.807, 2.05) is 6.08 Å². The molecule has 0 spiro atoms. The molecule has 0 bridgehead atoms. The maximum absolute atomic E-state index is 13.2. The Morgan fingerprint density at radius 1 is 0.500 bits per heavy atom. The number of carbonyl (C=O) groups excluding carboxylic acids is 1. The smallest absolute Gasteiger partial charge is 0.394 e. The highest BCUT2D eigenvalue weighted by Gasteiger charge is 2.48. The topological polar surface area (TPSA) is 192 Å². The second-order valence-corrected chi connectivity index (χ2v) is 24.8. The highest BCUT2D eigenvalue weighted by molar-refractivity contribution is 7.80. The standard InChI is InChI=1S/C67H127NO11S/c1-3-5-7-9-11-13-15-17-19-21-23-25-27-28-29-30-31-32-33-34-35-37-39-41-43-45-47-49-51-53-55-57-63(71)68-60(59-77-67-65(73)66(79-80(74,75)76)64(72)62(58-69)78-67)61(70)56-54-52-50-48-46-44-42-40-38-36-26-24-22-20-18-16-14-12-10-8-6-4-2/h23,25,28-29,54,56,60-62,64-67,69-70,72-73H,3-22,24,26-27,30-53,55,57-59H2,1-2H3,(H,68,71)(H,74,75,76)/b25-23-,29-28-,56-54+. The van der Waals surface area contributed by atoms with Gasteiger partial charge in [0.25, 0.3) is 0 Å². The second kappa shape index (κ2) is 56.5. The van der Waals surface area contributed by atoms with Crippen LogP contribution in [0.15, 0.2) is 36.5 Å². The minimum absolute atomic E-state index is 0.257. The predicted molar refractivity (Wildman–Crippen MR) is 333 cm³/mol. The molecule has 0 aromatic carbocycles. The SMILES string of the molecule is CCCCCCCCCCC/C=C\C/C=C\CCCCCCCCCCCCCCCCCC(=O)NC(COC1OC(CO)C(O)C(OS(=O)(=O)O)C1O)C(O)/C=C/CCCCCCCCCCCCCCCCCCCCCC. The number of hydrogen-bond donors (Lipinski definition) is 6. The first kappa shape index (κ1) is 76.3. The molecule has 6 N–H and O–H groups in total. The maximum Gasteiger partial charge on any atom is 0.397 e. The van der Waals surface area contributed by atoms with Crippen LogP contribution in [0.25, 0.3) is 0 Å². The van der Waals surface area contributed by atoms with E-state index in [4.69, 9.17) is 9.47 Å². The summed E-state index contributed by atoms with van der Waals surface area (Å²) in [5.41, 5.74) is 0. The summed E-state index contributed by atoms with van der Waals surface area (Å²) in [6, 6.07) is -0.945. The van der Waals surface area contributed by atoms with Crippen LogP contribution in [0.1, 0.15) is 328 Å². The average molecular weight is 1150 g/mol. The molecule has 472 valence electrons. The van der Waals surface area contributed by atoms with Crippen LogP contribution >= 0.6 is 0 Å². The molecule has 1 fully saturated rings. The van der Waals surface area contributed by atoms with Crippen LogP contribution in [0.4, 0.5) is 0 Å². The molecule has 1 aliphatic heterocycles. The third kappa shape index (κ3) is 47.7. The highest BCUT2D eigenvalue weighted by Crippen LogP contribution is 2.26. The Morgan fingerprint density at radius 2 is 0.838 bits per heavy atom. The Hall–Kier alpha value is -1.68. The first-order valence-corrected chi connectivity index (χ1v) is 35.2. The fourth-order valence-corrected chi connectivity index (χ4v) is 11.5. The minimum atomic E-state index is -5.09. The Bertz CT molecular complexity index is 1540. The minimum Gasteiger partial charge on any atom is -0.394 e. The van der Waals surface area contributed by atoms with Gasteiger partial charge in [-0.1, -0.05) is 307 Å². The number of ether oxygens (including phenoxy) is 2. The van der Waals surface area contributed by atoms with Gasteiger partial charge in [-0.3, -0.25) is 9.35 Å². The fourth-order valence-electron chi connectivity index (χ4n) is 11.0. The molecule has 0 radical (unpaired) electrons. The number of amides is 1. The molecule has 0 aliphatic carbocycles. The van der Waals surface area contributed by atoms with Crippen molar-refractivity contribution in [3.8, 4) is 0 Å². The number of nitrogens with one attached hydrogen (secondary N) is 1. The highest BCUT2D eigenvalue weighted by atomic mass is 32.3. The molecule has 0 saturated carbocycles. The van der Waals surface area contributed by atoms with Crippen molar-refractivity contribution in [3.63, 3.8) is 0 Å². The Morgan fingerprint density at radius 3 is 1.19 bits per heavy atom. The predicted octanol–water partition coefficient (Wildman–Crippen LogP) is 17.3. The quantitative estimate of drug-likeness (QED) is 0.0193. The lowest BCUT2D eigenvalue weighted by molar-refractivity contribution is -0.298. The number of hydrogen-bond acceptors (Lipinski definition) is 10. The number of unbranched alkanes of at least 4 members (excludes halogenated alkanes) is 44. The third-order valence-corrected chi connectivity index (χ3v) is 16.6. The Kier molecular flexibility index (Phi) is 53.9. The van der Waals surface area contributed by atoms with Crippen molar-refractivity contribution in [3.05, 3.63) is 36.5 Å². The summed E-state index contributed by atoms with van der Waals surface area (Å²) in [7, 11) is -5.09. The summed E-state index contributed by atoms with van der Waals surface area (Å²) < 4.78 is 48.0. The normalized spacial score (nSPS) is 18.8. The van der Waals surface area contributed by atoms with E-state index in [0.717, 1.165) is 44.9 Å². The van der Waals surface area contributed by atoms with Crippen LogP contribution in [0.3, 0.4) is 0 Å². The Labute approximate surface area is 492 Å².